The van der Waals surface area contributed by atoms with Gasteiger partial charge in [0.25, 0.3) is 5.91 Å². The van der Waals surface area contributed by atoms with Crippen molar-refractivity contribution in [3.05, 3.63) is 48.3 Å². The van der Waals surface area contributed by atoms with Gasteiger partial charge in [-0.05, 0) is 31.2 Å². The third-order valence-electron chi connectivity index (χ3n) is 2.61. The number of amides is 1. The zero-order valence-corrected chi connectivity index (χ0v) is 10.5. The number of aryl methyl sites for hydroxylation is 1. The first-order chi connectivity index (χ1) is 8.72. The summed E-state index contributed by atoms with van der Waals surface area (Å²) in [5.41, 5.74) is 1.30. The average Bonchev–Trinajstić information content (AvgIpc) is 2.78. The van der Waals surface area contributed by atoms with Gasteiger partial charge in [-0.2, -0.15) is 0 Å². The Morgan fingerprint density at radius 1 is 1.28 bits per heavy atom. The first-order valence-corrected chi connectivity index (χ1v) is 5.87. The van der Waals surface area contributed by atoms with Gasteiger partial charge in [-0.3, -0.25) is 4.79 Å². The van der Waals surface area contributed by atoms with E-state index in [2.05, 4.69) is 5.32 Å². The van der Waals surface area contributed by atoms with E-state index in [1.54, 1.807) is 10.6 Å². The van der Waals surface area contributed by atoms with Crippen molar-refractivity contribution in [3.8, 4) is 5.75 Å². The number of carbonyl (C=O) groups excluding carboxylic acids is 1. The van der Waals surface area contributed by atoms with Gasteiger partial charge in [0.15, 0.2) is 0 Å². The first-order valence-electron chi connectivity index (χ1n) is 5.87. The van der Waals surface area contributed by atoms with Crippen LogP contribution in [0.2, 0.25) is 0 Å². The van der Waals surface area contributed by atoms with E-state index in [0.29, 0.717) is 23.7 Å². The number of hydrogen-bond acceptors (Lipinski definition) is 2. The van der Waals surface area contributed by atoms with Gasteiger partial charge in [-0.15, -0.1) is 0 Å². The van der Waals surface area contributed by atoms with Crippen molar-refractivity contribution >= 4 is 11.6 Å². The minimum atomic E-state index is -0.144. The van der Waals surface area contributed by atoms with E-state index < -0.39 is 0 Å². The number of rotatable bonds is 4. The molecule has 94 valence electrons. The van der Waals surface area contributed by atoms with Crippen molar-refractivity contribution in [2.75, 3.05) is 11.9 Å². The number of benzene rings is 1. The van der Waals surface area contributed by atoms with Crippen LogP contribution in [0, 0.1) is 0 Å². The van der Waals surface area contributed by atoms with Crippen LogP contribution in [0.15, 0.2) is 42.6 Å². The maximum Gasteiger partial charge on any atom is 0.272 e. The fourth-order valence-corrected chi connectivity index (χ4v) is 1.73. The summed E-state index contributed by atoms with van der Waals surface area (Å²) in [6.07, 6.45) is 1.84. The van der Waals surface area contributed by atoms with Gasteiger partial charge < -0.3 is 14.6 Å². The summed E-state index contributed by atoms with van der Waals surface area (Å²) in [5, 5.41) is 2.85. The Labute approximate surface area is 106 Å². The molecular formula is C14H16N2O2. The lowest BCUT2D eigenvalue weighted by Crippen LogP contribution is -2.16. The van der Waals surface area contributed by atoms with Crippen molar-refractivity contribution in [2.24, 2.45) is 7.05 Å². The number of aromatic nitrogens is 1. The zero-order chi connectivity index (χ0) is 13.0. The van der Waals surface area contributed by atoms with Crippen LogP contribution in [-0.2, 0) is 7.05 Å². The first kappa shape index (κ1) is 12.2. The largest absolute Gasteiger partial charge is 0.492 e. The van der Waals surface area contributed by atoms with Gasteiger partial charge >= 0.3 is 0 Å². The monoisotopic (exact) mass is 244 g/mol. The van der Waals surface area contributed by atoms with E-state index in [-0.39, 0.29) is 5.91 Å². The topological polar surface area (TPSA) is 43.3 Å². The Kier molecular flexibility index (Phi) is 3.67. The molecule has 0 bridgehead atoms. The van der Waals surface area contributed by atoms with Gasteiger partial charge in [-0.1, -0.05) is 12.1 Å². The minimum absolute atomic E-state index is 0.144. The standard InChI is InChI=1S/C14H16N2O2/c1-3-18-13-9-5-4-7-11(13)15-14(17)12-8-6-10-16(12)2/h4-10H,3H2,1-2H3,(H,15,17). The van der Waals surface area contributed by atoms with Crippen LogP contribution in [0.3, 0.4) is 0 Å². The van der Waals surface area contributed by atoms with Gasteiger partial charge in [-0.25, -0.2) is 0 Å². The molecule has 1 amide bonds. The van der Waals surface area contributed by atoms with Crippen molar-refractivity contribution in [1.82, 2.24) is 4.57 Å². The molecule has 1 aromatic carbocycles. The molecule has 0 atom stereocenters. The van der Waals surface area contributed by atoms with Gasteiger partial charge in [0.1, 0.15) is 11.4 Å². The zero-order valence-electron chi connectivity index (χ0n) is 10.5. The molecule has 4 nitrogen and oxygen atoms in total. The molecule has 0 saturated heterocycles. The lowest BCUT2D eigenvalue weighted by Gasteiger charge is -2.11. The molecular weight excluding hydrogens is 228 g/mol. The summed E-state index contributed by atoms with van der Waals surface area (Å²) < 4.78 is 7.24. The Morgan fingerprint density at radius 2 is 2.06 bits per heavy atom. The Balaban J connectivity index is 2.19. The SMILES string of the molecule is CCOc1ccccc1NC(=O)c1cccn1C. The normalized spacial score (nSPS) is 10.1. The van der Waals surface area contributed by atoms with Gasteiger partial charge in [0, 0.05) is 13.2 Å². The molecule has 1 heterocycles. The number of nitrogens with zero attached hydrogens (tertiary/aromatic N) is 1. The van der Waals surface area contributed by atoms with Crippen molar-refractivity contribution in [2.45, 2.75) is 6.92 Å². The summed E-state index contributed by atoms with van der Waals surface area (Å²) in [4.78, 5) is 12.1. The van der Waals surface area contributed by atoms with E-state index in [0.717, 1.165) is 0 Å². The molecule has 4 heteroatoms. The maximum absolute atomic E-state index is 12.1. The molecule has 0 aliphatic carbocycles. The summed E-state index contributed by atoms with van der Waals surface area (Å²) in [7, 11) is 1.84. The molecule has 0 aliphatic heterocycles. The second kappa shape index (κ2) is 5.40. The van der Waals surface area contributed by atoms with E-state index >= 15 is 0 Å². The molecule has 0 spiro atoms. The average molecular weight is 244 g/mol. The van der Waals surface area contributed by atoms with Crippen molar-refractivity contribution < 1.29 is 9.53 Å². The van der Waals surface area contributed by atoms with Crippen LogP contribution < -0.4 is 10.1 Å². The van der Waals surface area contributed by atoms with Crippen molar-refractivity contribution in [3.63, 3.8) is 0 Å². The third-order valence-corrected chi connectivity index (χ3v) is 2.61. The van der Waals surface area contributed by atoms with Crippen LogP contribution in [-0.4, -0.2) is 17.1 Å². The third kappa shape index (κ3) is 2.53. The maximum atomic E-state index is 12.1. The molecule has 2 rings (SSSR count). The second-order valence-corrected chi connectivity index (χ2v) is 3.89. The summed E-state index contributed by atoms with van der Waals surface area (Å²) in [5.74, 6) is 0.539. The molecule has 0 fully saturated rings. The molecule has 18 heavy (non-hydrogen) atoms. The molecule has 1 N–H and O–H groups in total. The summed E-state index contributed by atoms with van der Waals surface area (Å²) >= 11 is 0. The molecule has 2 aromatic rings. The quantitative estimate of drug-likeness (QED) is 0.898. The minimum Gasteiger partial charge on any atom is -0.492 e. The summed E-state index contributed by atoms with van der Waals surface area (Å²) in [6, 6.07) is 11.0. The van der Waals surface area contributed by atoms with Crippen LogP contribution in [0.4, 0.5) is 5.69 Å². The van der Waals surface area contributed by atoms with Crippen LogP contribution >= 0.6 is 0 Å². The van der Waals surface area contributed by atoms with E-state index in [1.807, 2.05) is 50.5 Å². The lowest BCUT2D eigenvalue weighted by atomic mass is 10.2. The molecule has 1 aromatic heterocycles. The highest BCUT2D eigenvalue weighted by molar-refractivity contribution is 6.03. The summed E-state index contributed by atoms with van der Waals surface area (Å²) in [6.45, 7) is 2.48. The molecule has 0 aliphatic rings. The predicted molar refractivity (Wildman–Crippen MR) is 71.0 cm³/mol. The number of hydrogen-bond donors (Lipinski definition) is 1. The Bertz CT molecular complexity index is 546. The lowest BCUT2D eigenvalue weighted by molar-refractivity contribution is 0.101. The number of nitrogens with one attached hydrogen (secondary N) is 1. The molecule has 0 saturated carbocycles. The number of anilines is 1. The second-order valence-electron chi connectivity index (χ2n) is 3.89. The number of carbonyl (C=O) groups is 1. The molecule has 0 unspecified atom stereocenters. The van der Waals surface area contributed by atoms with Crippen molar-refractivity contribution in [1.29, 1.82) is 0 Å². The highest BCUT2D eigenvalue weighted by atomic mass is 16.5. The molecule has 0 radical (unpaired) electrons. The highest BCUT2D eigenvalue weighted by Crippen LogP contribution is 2.24. The van der Waals surface area contributed by atoms with Gasteiger partial charge in [0.2, 0.25) is 0 Å². The van der Waals surface area contributed by atoms with Gasteiger partial charge in [0.05, 0.1) is 12.3 Å². The number of ether oxygens (including phenoxy) is 1. The fourth-order valence-electron chi connectivity index (χ4n) is 1.73. The van der Waals surface area contributed by atoms with Crippen LogP contribution in [0.1, 0.15) is 17.4 Å². The predicted octanol–water partition coefficient (Wildman–Crippen LogP) is 2.68. The van der Waals surface area contributed by atoms with E-state index in [4.69, 9.17) is 4.74 Å². The van der Waals surface area contributed by atoms with Crippen LogP contribution in [0.25, 0.3) is 0 Å². The Hall–Kier alpha value is -2.23. The van der Waals surface area contributed by atoms with Crippen LogP contribution in [0.5, 0.6) is 5.75 Å². The Morgan fingerprint density at radius 3 is 2.72 bits per heavy atom. The van der Waals surface area contributed by atoms with E-state index in [1.165, 1.54) is 0 Å². The van der Waals surface area contributed by atoms with E-state index in [9.17, 15) is 4.79 Å². The highest BCUT2D eigenvalue weighted by Gasteiger charge is 2.11. The fraction of sp³-hybridized carbons (Fsp3) is 0.214. The number of para-hydroxylation sites is 2. The smallest absolute Gasteiger partial charge is 0.272 e.